The highest BCUT2D eigenvalue weighted by Gasteiger charge is 2.36. The van der Waals surface area contributed by atoms with Crippen LogP contribution in [0.5, 0.6) is 0 Å². The number of hydrogen-bond acceptors (Lipinski definition) is 3. The number of nitrogens with one attached hydrogen (secondary N) is 1. The van der Waals surface area contributed by atoms with Gasteiger partial charge in [-0.15, -0.1) is 0 Å². The van der Waals surface area contributed by atoms with Crippen molar-refractivity contribution < 1.29 is 4.79 Å². The molecule has 0 spiro atoms. The van der Waals surface area contributed by atoms with Crippen LogP contribution in [0, 0.1) is 0 Å². The zero-order chi connectivity index (χ0) is 14.8. The maximum absolute atomic E-state index is 12.2. The number of carbonyl (C=O) groups is 1. The number of alkyl halides is 3. The SMILES string of the molecule is O=C(NC(n1cncn1)C(Cl)(Cl)Cl)c1ccccc1Cl. The van der Waals surface area contributed by atoms with Crippen LogP contribution < -0.4 is 5.32 Å². The molecule has 0 saturated heterocycles. The number of rotatable bonds is 3. The Balaban J connectivity index is 2.26. The second-order valence-electron chi connectivity index (χ2n) is 3.77. The van der Waals surface area contributed by atoms with Gasteiger partial charge in [-0.2, -0.15) is 5.10 Å². The maximum atomic E-state index is 12.2. The minimum absolute atomic E-state index is 0.272. The Morgan fingerprint density at radius 3 is 2.55 bits per heavy atom. The van der Waals surface area contributed by atoms with E-state index in [2.05, 4.69) is 15.4 Å². The molecule has 2 rings (SSSR count). The zero-order valence-electron chi connectivity index (χ0n) is 9.80. The maximum Gasteiger partial charge on any atom is 0.254 e. The van der Waals surface area contributed by atoms with Crippen molar-refractivity contribution in [3.05, 3.63) is 47.5 Å². The second kappa shape index (κ2) is 6.18. The molecule has 0 saturated carbocycles. The summed E-state index contributed by atoms with van der Waals surface area (Å²) < 4.78 is -0.563. The largest absolute Gasteiger partial charge is 0.326 e. The molecule has 1 N–H and O–H groups in total. The van der Waals surface area contributed by atoms with E-state index < -0.39 is 15.9 Å². The smallest absolute Gasteiger partial charge is 0.254 e. The monoisotopic (exact) mass is 352 g/mol. The quantitative estimate of drug-likeness (QED) is 0.862. The first-order chi connectivity index (χ1) is 9.39. The van der Waals surface area contributed by atoms with Crippen LogP contribution >= 0.6 is 46.4 Å². The van der Waals surface area contributed by atoms with Gasteiger partial charge in [0.2, 0.25) is 3.79 Å². The van der Waals surface area contributed by atoms with E-state index >= 15 is 0 Å². The normalized spacial score (nSPS) is 13.0. The molecule has 2 aromatic rings. The van der Waals surface area contributed by atoms with Gasteiger partial charge in [0.15, 0.2) is 6.17 Å². The Labute approximate surface area is 134 Å². The minimum Gasteiger partial charge on any atom is -0.326 e. The van der Waals surface area contributed by atoms with Gasteiger partial charge in [-0.1, -0.05) is 58.5 Å². The molecule has 1 aromatic heterocycles. The molecule has 0 radical (unpaired) electrons. The summed E-state index contributed by atoms with van der Waals surface area (Å²) in [5.74, 6) is -0.484. The molecule has 1 amide bonds. The van der Waals surface area contributed by atoms with E-state index in [1.165, 1.54) is 17.3 Å². The highest BCUT2D eigenvalue weighted by Crippen LogP contribution is 2.36. The van der Waals surface area contributed by atoms with E-state index in [4.69, 9.17) is 46.4 Å². The van der Waals surface area contributed by atoms with Gasteiger partial charge in [0.25, 0.3) is 5.91 Å². The van der Waals surface area contributed by atoms with E-state index in [0.717, 1.165) is 0 Å². The van der Waals surface area contributed by atoms with Crippen LogP contribution in [0.2, 0.25) is 5.02 Å². The van der Waals surface area contributed by atoms with Crippen molar-refractivity contribution >= 4 is 52.3 Å². The molecule has 1 aromatic carbocycles. The number of benzene rings is 1. The third-order valence-corrected chi connectivity index (χ3v) is 3.35. The van der Waals surface area contributed by atoms with Crippen molar-refractivity contribution in [3.63, 3.8) is 0 Å². The molecule has 1 atom stereocenters. The average Bonchev–Trinajstić information content (AvgIpc) is 2.88. The summed E-state index contributed by atoms with van der Waals surface area (Å²) in [6.07, 6.45) is 1.59. The van der Waals surface area contributed by atoms with Crippen LogP contribution in [-0.4, -0.2) is 24.5 Å². The van der Waals surface area contributed by atoms with Crippen molar-refractivity contribution in [1.29, 1.82) is 0 Å². The highest BCUT2D eigenvalue weighted by molar-refractivity contribution is 6.67. The van der Waals surface area contributed by atoms with Crippen LogP contribution in [0.3, 0.4) is 0 Å². The molecular formula is C11H8Cl4N4O. The van der Waals surface area contributed by atoms with Gasteiger partial charge in [-0.25, -0.2) is 9.67 Å². The summed E-state index contributed by atoms with van der Waals surface area (Å²) in [5.41, 5.74) is 0.272. The van der Waals surface area contributed by atoms with Gasteiger partial charge >= 0.3 is 0 Å². The zero-order valence-corrected chi connectivity index (χ0v) is 12.8. The number of nitrogens with zero attached hydrogens (tertiary/aromatic N) is 3. The lowest BCUT2D eigenvalue weighted by molar-refractivity contribution is 0.0916. The van der Waals surface area contributed by atoms with E-state index in [1.54, 1.807) is 24.3 Å². The third kappa shape index (κ3) is 3.55. The molecule has 9 heteroatoms. The lowest BCUT2D eigenvalue weighted by atomic mass is 10.2. The first-order valence-corrected chi connectivity index (χ1v) is 6.87. The third-order valence-electron chi connectivity index (χ3n) is 2.40. The fraction of sp³-hybridized carbons (Fsp3) is 0.182. The summed E-state index contributed by atoms with van der Waals surface area (Å²) >= 11 is 23.5. The van der Waals surface area contributed by atoms with Crippen LogP contribution in [0.25, 0.3) is 0 Å². The molecule has 106 valence electrons. The Bertz CT molecular complexity index is 597. The number of halogens is 4. The molecule has 0 aliphatic rings. The lowest BCUT2D eigenvalue weighted by Crippen LogP contribution is -2.40. The van der Waals surface area contributed by atoms with Gasteiger partial charge in [0.05, 0.1) is 10.6 Å². The predicted octanol–water partition coefficient (Wildman–Crippen LogP) is 3.23. The molecule has 20 heavy (non-hydrogen) atoms. The summed E-state index contributed by atoms with van der Waals surface area (Å²) in [6.45, 7) is 0. The Morgan fingerprint density at radius 1 is 1.30 bits per heavy atom. The van der Waals surface area contributed by atoms with Gasteiger partial charge in [-0.3, -0.25) is 4.79 Å². The van der Waals surface area contributed by atoms with Crippen molar-refractivity contribution in [2.24, 2.45) is 0 Å². The average molecular weight is 354 g/mol. The van der Waals surface area contributed by atoms with E-state index in [1.807, 2.05) is 0 Å². The van der Waals surface area contributed by atoms with Gasteiger partial charge < -0.3 is 5.32 Å². The first-order valence-electron chi connectivity index (χ1n) is 5.36. The fourth-order valence-electron chi connectivity index (χ4n) is 1.50. The summed E-state index contributed by atoms with van der Waals surface area (Å²) in [4.78, 5) is 15.9. The summed E-state index contributed by atoms with van der Waals surface area (Å²) in [7, 11) is 0. The molecule has 1 heterocycles. The molecule has 0 fully saturated rings. The van der Waals surface area contributed by atoms with E-state index in [-0.39, 0.29) is 5.56 Å². The number of hydrogen-bond donors (Lipinski definition) is 1. The second-order valence-corrected chi connectivity index (χ2v) is 6.55. The van der Waals surface area contributed by atoms with Crippen molar-refractivity contribution in [1.82, 2.24) is 20.1 Å². The number of carbonyl (C=O) groups excluding carboxylic acids is 1. The molecule has 0 aliphatic heterocycles. The molecule has 5 nitrogen and oxygen atoms in total. The number of aromatic nitrogens is 3. The van der Waals surface area contributed by atoms with E-state index in [0.29, 0.717) is 5.02 Å². The van der Waals surface area contributed by atoms with Gasteiger partial charge in [0, 0.05) is 0 Å². The molecule has 0 aliphatic carbocycles. The fourth-order valence-corrected chi connectivity index (χ4v) is 2.18. The van der Waals surface area contributed by atoms with Crippen molar-refractivity contribution in [2.75, 3.05) is 0 Å². The number of amides is 1. The van der Waals surface area contributed by atoms with E-state index in [9.17, 15) is 4.79 Å². The molecule has 0 bridgehead atoms. The Kier molecular flexibility index (Phi) is 4.75. The van der Waals surface area contributed by atoms with Crippen molar-refractivity contribution in [3.8, 4) is 0 Å². The first kappa shape index (κ1) is 15.4. The van der Waals surface area contributed by atoms with Crippen molar-refractivity contribution in [2.45, 2.75) is 9.96 Å². The standard InChI is InChI=1S/C11H8Cl4N4O/c12-8-4-2-1-3-7(8)9(20)18-10(11(13,14)15)19-6-16-5-17-19/h1-6,10H,(H,18,20). The molecule has 1 unspecified atom stereocenters. The van der Waals surface area contributed by atoms with Crippen LogP contribution in [0.1, 0.15) is 16.5 Å². The Morgan fingerprint density at radius 2 is 2.00 bits per heavy atom. The Hall–Kier alpha value is -1.01. The summed E-state index contributed by atoms with van der Waals surface area (Å²) in [5, 5.41) is 6.71. The lowest BCUT2D eigenvalue weighted by Gasteiger charge is -2.25. The predicted molar refractivity (Wildman–Crippen MR) is 78.3 cm³/mol. The molecular weight excluding hydrogens is 346 g/mol. The topological polar surface area (TPSA) is 59.8 Å². The minimum atomic E-state index is -1.80. The van der Waals surface area contributed by atoms with Crippen LogP contribution in [0.4, 0.5) is 0 Å². The van der Waals surface area contributed by atoms with Crippen LogP contribution in [-0.2, 0) is 0 Å². The summed E-state index contributed by atoms with van der Waals surface area (Å²) in [6, 6.07) is 6.55. The van der Waals surface area contributed by atoms with Gasteiger partial charge in [0.1, 0.15) is 12.7 Å². The highest BCUT2D eigenvalue weighted by atomic mass is 35.6. The van der Waals surface area contributed by atoms with Gasteiger partial charge in [-0.05, 0) is 12.1 Å². The van der Waals surface area contributed by atoms with Crippen LogP contribution in [0.15, 0.2) is 36.9 Å².